The molecule has 0 saturated carbocycles. The number of nitrogens with one attached hydrogen (secondary N) is 2. The molecule has 0 aliphatic heterocycles. The van der Waals surface area contributed by atoms with E-state index in [1.807, 2.05) is 19.1 Å². The monoisotopic (exact) mass is 478 g/mol. The molecule has 1 unspecified atom stereocenters. The Morgan fingerprint density at radius 1 is 1.09 bits per heavy atom. The molecule has 0 aliphatic carbocycles. The molecule has 1 atom stereocenters. The molecule has 3 aromatic carbocycles. The number of sulfonamides is 1. The van der Waals surface area contributed by atoms with Crippen molar-refractivity contribution in [2.24, 2.45) is 0 Å². The van der Waals surface area contributed by atoms with Gasteiger partial charge >= 0.3 is 0 Å². The fraction of sp³-hybridized carbons (Fsp3) is 0.200. The standard InChI is InChI=1S/C25H25N3O5S/c1-2-18-10-13-23(33-15-14-27-34(31,32)21-6-4-3-5-7-21)22(16-18)24(25(29)30)28-20-11-8-19(17-26)9-12-20/h3-13,16,24,27-28H,2,14-15H2,1H3,(H,29,30)/p-1. The molecule has 0 spiro atoms. The summed E-state index contributed by atoms with van der Waals surface area (Å²) in [6, 6.07) is 20.3. The molecule has 0 fully saturated rings. The normalized spacial score (nSPS) is 11.9. The van der Waals surface area contributed by atoms with Gasteiger partial charge in [-0.15, -0.1) is 0 Å². The van der Waals surface area contributed by atoms with Gasteiger partial charge < -0.3 is 20.0 Å². The highest BCUT2D eigenvalue weighted by Gasteiger charge is 2.19. The van der Waals surface area contributed by atoms with E-state index in [1.54, 1.807) is 54.6 Å². The Hall–Kier alpha value is -3.87. The SMILES string of the molecule is CCc1ccc(OCCNS(=O)(=O)c2ccccc2)c(C(Nc2ccc(C#N)cc2)C(=O)[O-])c1. The first-order chi connectivity index (χ1) is 16.3. The second-order valence-electron chi connectivity index (χ2n) is 7.37. The van der Waals surface area contributed by atoms with Gasteiger partial charge in [-0.2, -0.15) is 5.26 Å². The highest BCUT2D eigenvalue weighted by molar-refractivity contribution is 7.89. The number of ether oxygens (including phenoxy) is 1. The van der Waals surface area contributed by atoms with E-state index in [2.05, 4.69) is 10.0 Å². The second-order valence-corrected chi connectivity index (χ2v) is 9.14. The summed E-state index contributed by atoms with van der Waals surface area (Å²) in [6.07, 6.45) is 0.681. The second kappa shape index (κ2) is 11.3. The smallest absolute Gasteiger partial charge is 0.240 e. The third-order valence-electron chi connectivity index (χ3n) is 5.06. The van der Waals surface area contributed by atoms with Crippen LogP contribution in [-0.4, -0.2) is 27.5 Å². The number of carbonyl (C=O) groups is 1. The zero-order chi connectivity index (χ0) is 24.6. The maximum atomic E-state index is 12.4. The van der Waals surface area contributed by atoms with Crippen LogP contribution in [0, 0.1) is 11.3 Å². The van der Waals surface area contributed by atoms with Crippen molar-refractivity contribution in [1.82, 2.24) is 4.72 Å². The summed E-state index contributed by atoms with van der Waals surface area (Å²) in [7, 11) is -3.68. The molecule has 34 heavy (non-hydrogen) atoms. The van der Waals surface area contributed by atoms with Crippen LogP contribution in [0.5, 0.6) is 5.75 Å². The Morgan fingerprint density at radius 3 is 2.41 bits per heavy atom. The Balaban J connectivity index is 1.76. The van der Waals surface area contributed by atoms with Gasteiger partial charge in [0.05, 0.1) is 28.5 Å². The number of aliphatic carboxylic acids is 1. The van der Waals surface area contributed by atoms with E-state index in [0.717, 1.165) is 5.56 Å². The van der Waals surface area contributed by atoms with E-state index in [1.165, 1.54) is 12.1 Å². The fourth-order valence-corrected chi connectivity index (χ4v) is 4.30. The number of nitriles is 1. The molecule has 2 N–H and O–H groups in total. The molecule has 0 bridgehead atoms. The third-order valence-corrected chi connectivity index (χ3v) is 6.54. The van der Waals surface area contributed by atoms with Gasteiger partial charge in [0.2, 0.25) is 10.0 Å². The van der Waals surface area contributed by atoms with E-state index < -0.39 is 22.0 Å². The largest absolute Gasteiger partial charge is 0.548 e. The maximum absolute atomic E-state index is 12.4. The lowest BCUT2D eigenvalue weighted by molar-refractivity contribution is -0.307. The summed E-state index contributed by atoms with van der Waals surface area (Å²) in [4.78, 5) is 12.2. The van der Waals surface area contributed by atoms with Crippen LogP contribution in [0.15, 0.2) is 77.7 Å². The highest BCUT2D eigenvalue weighted by Crippen LogP contribution is 2.30. The lowest BCUT2D eigenvalue weighted by Gasteiger charge is -2.24. The van der Waals surface area contributed by atoms with Crippen molar-refractivity contribution in [2.45, 2.75) is 24.3 Å². The summed E-state index contributed by atoms with van der Waals surface area (Å²) in [5.74, 6) is -1.06. The number of nitrogens with zero attached hydrogens (tertiary/aromatic N) is 1. The number of carboxylic acids is 1. The average Bonchev–Trinajstić information content (AvgIpc) is 2.86. The van der Waals surface area contributed by atoms with Gasteiger partial charge in [-0.25, -0.2) is 13.1 Å². The van der Waals surface area contributed by atoms with Crippen molar-refractivity contribution in [3.05, 3.63) is 89.5 Å². The molecule has 0 radical (unpaired) electrons. The molecule has 0 amide bonds. The Kier molecular flexibility index (Phi) is 8.24. The summed E-state index contributed by atoms with van der Waals surface area (Å²) in [5.41, 5.74) is 2.21. The van der Waals surface area contributed by atoms with Crippen LogP contribution >= 0.6 is 0 Å². The number of hydrogen-bond acceptors (Lipinski definition) is 7. The lowest BCUT2D eigenvalue weighted by Crippen LogP contribution is -2.35. The van der Waals surface area contributed by atoms with Crippen LogP contribution in [0.4, 0.5) is 5.69 Å². The first-order valence-corrected chi connectivity index (χ1v) is 12.1. The molecule has 0 heterocycles. The maximum Gasteiger partial charge on any atom is 0.240 e. The zero-order valence-corrected chi connectivity index (χ0v) is 19.3. The van der Waals surface area contributed by atoms with Crippen molar-refractivity contribution in [1.29, 1.82) is 5.26 Å². The van der Waals surface area contributed by atoms with Crippen LogP contribution < -0.4 is 19.9 Å². The van der Waals surface area contributed by atoms with Crippen LogP contribution in [0.1, 0.15) is 29.7 Å². The molecule has 8 nitrogen and oxygen atoms in total. The van der Waals surface area contributed by atoms with Crippen LogP contribution in [0.25, 0.3) is 0 Å². The van der Waals surface area contributed by atoms with E-state index in [4.69, 9.17) is 10.00 Å². The van der Waals surface area contributed by atoms with Gasteiger partial charge in [0.1, 0.15) is 12.4 Å². The van der Waals surface area contributed by atoms with E-state index >= 15 is 0 Å². The van der Waals surface area contributed by atoms with Crippen molar-refractivity contribution in [3.63, 3.8) is 0 Å². The molecule has 176 valence electrons. The molecule has 0 saturated heterocycles. The minimum atomic E-state index is -3.68. The van der Waals surface area contributed by atoms with Gasteiger partial charge in [-0.05, 0) is 60.5 Å². The fourth-order valence-electron chi connectivity index (χ4n) is 3.27. The Morgan fingerprint density at radius 2 is 1.79 bits per heavy atom. The third kappa shape index (κ3) is 6.34. The van der Waals surface area contributed by atoms with Gasteiger partial charge in [-0.3, -0.25) is 0 Å². The Labute approximate surface area is 198 Å². The van der Waals surface area contributed by atoms with Crippen LogP contribution in [0.3, 0.4) is 0 Å². The van der Waals surface area contributed by atoms with E-state index in [-0.39, 0.29) is 18.0 Å². The summed E-state index contributed by atoms with van der Waals surface area (Å²) >= 11 is 0. The number of anilines is 1. The molecule has 0 aromatic heterocycles. The summed E-state index contributed by atoms with van der Waals surface area (Å²) in [6.45, 7) is 1.92. The number of hydrogen-bond donors (Lipinski definition) is 2. The summed E-state index contributed by atoms with van der Waals surface area (Å²) in [5, 5.41) is 23.9. The quantitative estimate of drug-likeness (QED) is 0.405. The van der Waals surface area contributed by atoms with Gasteiger partial charge in [0, 0.05) is 17.8 Å². The minimum absolute atomic E-state index is 0.00870. The minimum Gasteiger partial charge on any atom is -0.548 e. The predicted molar refractivity (Wildman–Crippen MR) is 125 cm³/mol. The van der Waals surface area contributed by atoms with Gasteiger partial charge in [0.25, 0.3) is 0 Å². The lowest BCUT2D eigenvalue weighted by atomic mass is 10.0. The molecule has 9 heteroatoms. The van der Waals surface area contributed by atoms with Crippen LogP contribution in [0.2, 0.25) is 0 Å². The van der Waals surface area contributed by atoms with Gasteiger partial charge in [0.15, 0.2) is 0 Å². The highest BCUT2D eigenvalue weighted by atomic mass is 32.2. The number of aryl methyl sites for hydroxylation is 1. The number of carbonyl (C=O) groups excluding carboxylic acids is 1. The topological polar surface area (TPSA) is 131 Å². The zero-order valence-electron chi connectivity index (χ0n) is 18.5. The van der Waals surface area contributed by atoms with Gasteiger partial charge in [-0.1, -0.05) is 31.2 Å². The molecule has 0 aliphatic rings. The van der Waals surface area contributed by atoms with Crippen molar-refractivity contribution in [3.8, 4) is 11.8 Å². The number of rotatable bonds is 11. The summed E-state index contributed by atoms with van der Waals surface area (Å²) < 4.78 is 33.0. The predicted octanol–water partition coefficient (Wildman–Crippen LogP) is 2.38. The van der Waals surface area contributed by atoms with E-state index in [9.17, 15) is 18.3 Å². The molecular formula is C25H24N3O5S-. The molecule has 3 aromatic rings. The van der Waals surface area contributed by atoms with Crippen molar-refractivity contribution >= 4 is 21.7 Å². The molecule has 3 rings (SSSR count). The number of carboxylic acid groups (broad SMARTS) is 1. The molecular weight excluding hydrogens is 454 g/mol. The van der Waals surface area contributed by atoms with Crippen molar-refractivity contribution < 1.29 is 23.1 Å². The first kappa shape index (κ1) is 24.8. The van der Waals surface area contributed by atoms with Crippen LogP contribution in [-0.2, 0) is 21.2 Å². The van der Waals surface area contributed by atoms with E-state index in [0.29, 0.717) is 29.0 Å². The Bertz CT molecular complexity index is 1270. The van der Waals surface area contributed by atoms with Crippen molar-refractivity contribution in [2.75, 3.05) is 18.5 Å². The first-order valence-electron chi connectivity index (χ1n) is 10.6. The average molecular weight is 479 g/mol. The number of benzene rings is 3.